The minimum absolute atomic E-state index is 0.0124. The fourth-order valence-corrected chi connectivity index (χ4v) is 1.36. The number of carbonyl (C=O) groups is 2. The number of primary amides is 2. The molecule has 1 rings (SSSR count). The predicted octanol–water partition coefficient (Wildman–Crippen LogP) is -0.782. The van der Waals surface area contributed by atoms with Gasteiger partial charge in [-0.2, -0.15) is 0 Å². The third-order valence-electron chi connectivity index (χ3n) is 2.29. The van der Waals surface area contributed by atoms with Crippen molar-refractivity contribution in [1.82, 2.24) is 0 Å². The zero-order chi connectivity index (χ0) is 14.0. The number of phenols is 1. The smallest absolute Gasteiger partial charge is 0.333 e. The summed E-state index contributed by atoms with van der Waals surface area (Å²) >= 11 is 0. The minimum Gasteiger partial charge on any atom is -0.506 e. The molecular weight excluding hydrogens is 240 g/mol. The number of amides is 4. The van der Waals surface area contributed by atoms with Crippen molar-refractivity contribution in [2.45, 2.75) is 6.92 Å². The van der Waals surface area contributed by atoms with Crippen molar-refractivity contribution in [3.63, 3.8) is 0 Å². The van der Waals surface area contributed by atoms with Gasteiger partial charge in [-0.25, -0.2) is 31.3 Å². The summed E-state index contributed by atoms with van der Waals surface area (Å²) < 4.78 is 0. The molecule has 0 heterocycles. The average Bonchev–Trinajstić information content (AvgIpc) is 2.29. The van der Waals surface area contributed by atoms with Crippen LogP contribution >= 0.6 is 0 Å². The third kappa shape index (κ3) is 2.42. The highest BCUT2D eigenvalue weighted by Crippen LogP contribution is 2.32. The van der Waals surface area contributed by atoms with Crippen LogP contribution in [0.15, 0.2) is 12.1 Å². The van der Waals surface area contributed by atoms with Crippen molar-refractivity contribution in [2.24, 2.45) is 23.2 Å². The molecule has 98 valence electrons. The van der Waals surface area contributed by atoms with Crippen LogP contribution < -0.4 is 33.2 Å². The van der Waals surface area contributed by atoms with Crippen LogP contribution in [0.2, 0.25) is 0 Å². The van der Waals surface area contributed by atoms with E-state index in [1.807, 2.05) is 0 Å². The third-order valence-corrected chi connectivity index (χ3v) is 2.29. The molecule has 0 saturated heterocycles. The number of hydrazine groups is 2. The summed E-state index contributed by atoms with van der Waals surface area (Å²) in [4.78, 5) is 21.8. The van der Waals surface area contributed by atoms with Gasteiger partial charge in [0.15, 0.2) is 0 Å². The molecule has 18 heavy (non-hydrogen) atoms. The second-order valence-corrected chi connectivity index (χ2v) is 3.54. The number of aryl methyl sites for hydroxylation is 1. The van der Waals surface area contributed by atoms with E-state index in [0.717, 1.165) is 6.07 Å². The summed E-state index contributed by atoms with van der Waals surface area (Å²) in [6.45, 7) is 1.59. The van der Waals surface area contributed by atoms with Crippen molar-refractivity contribution in [3.05, 3.63) is 17.7 Å². The van der Waals surface area contributed by atoms with Crippen LogP contribution in [0.1, 0.15) is 5.56 Å². The number of urea groups is 2. The predicted molar refractivity (Wildman–Crippen MR) is 65.3 cm³/mol. The first-order chi connectivity index (χ1) is 8.25. The van der Waals surface area contributed by atoms with Gasteiger partial charge in [0, 0.05) is 6.07 Å². The topological polar surface area (TPSA) is 165 Å². The van der Waals surface area contributed by atoms with Gasteiger partial charge < -0.3 is 16.6 Å². The molecule has 0 aliphatic carbocycles. The normalized spacial score (nSPS) is 9.94. The van der Waals surface area contributed by atoms with E-state index in [9.17, 15) is 14.7 Å². The molecule has 0 atom stereocenters. The standard InChI is InChI=1S/C9H14N6O3/c1-4-2-6(15(13)9(11)18)7(16)3-5(4)14(12)8(10)17/h2-3,16H,12-13H2,1H3,(H2,10,17)(H2,11,18). The Morgan fingerprint density at radius 1 is 1.06 bits per heavy atom. The molecule has 1 aromatic rings. The number of nitrogens with zero attached hydrogens (tertiary/aromatic N) is 2. The maximum Gasteiger partial charge on any atom is 0.333 e. The fraction of sp³-hybridized carbons (Fsp3) is 0.111. The summed E-state index contributed by atoms with van der Waals surface area (Å²) in [6.07, 6.45) is 0. The molecule has 0 saturated carbocycles. The molecule has 9 N–H and O–H groups in total. The lowest BCUT2D eigenvalue weighted by Gasteiger charge is -2.20. The Balaban J connectivity index is 3.28. The van der Waals surface area contributed by atoms with Crippen LogP contribution in [0.25, 0.3) is 0 Å². The van der Waals surface area contributed by atoms with Gasteiger partial charge in [0.2, 0.25) is 0 Å². The van der Waals surface area contributed by atoms with E-state index in [1.165, 1.54) is 6.07 Å². The zero-order valence-electron chi connectivity index (χ0n) is 9.62. The van der Waals surface area contributed by atoms with E-state index < -0.39 is 12.1 Å². The van der Waals surface area contributed by atoms with Gasteiger partial charge in [-0.3, -0.25) is 0 Å². The van der Waals surface area contributed by atoms with Gasteiger partial charge in [-0.15, -0.1) is 0 Å². The van der Waals surface area contributed by atoms with Gasteiger partial charge >= 0.3 is 12.1 Å². The highest BCUT2D eigenvalue weighted by molar-refractivity contribution is 5.94. The van der Waals surface area contributed by atoms with Crippen molar-refractivity contribution in [2.75, 3.05) is 10.0 Å². The molecule has 0 aromatic heterocycles. The van der Waals surface area contributed by atoms with Crippen LogP contribution in [0.4, 0.5) is 21.0 Å². The lowest BCUT2D eigenvalue weighted by molar-refractivity contribution is 0.253. The molecule has 0 radical (unpaired) electrons. The monoisotopic (exact) mass is 254 g/mol. The molecule has 0 unspecified atom stereocenters. The molecule has 0 aliphatic rings. The Morgan fingerprint density at radius 2 is 1.50 bits per heavy atom. The quantitative estimate of drug-likeness (QED) is 0.265. The van der Waals surface area contributed by atoms with Crippen LogP contribution in [-0.4, -0.2) is 17.2 Å². The van der Waals surface area contributed by atoms with Crippen LogP contribution in [0, 0.1) is 6.92 Å². The number of nitrogens with two attached hydrogens (primary N) is 4. The highest BCUT2D eigenvalue weighted by Gasteiger charge is 2.18. The largest absolute Gasteiger partial charge is 0.506 e. The summed E-state index contributed by atoms with van der Waals surface area (Å²) in [7, 11) is 0. The average molecular weight is 254 g/mol. The van der Waals surface area contributed by atoms with Crippen molar-refractivity contribution in [1.29, 1.82) is 0 Å². The number of hydrogen-bond acceptors (Lipinski definition) is 5. The van der Waals surface area contributed by atoms with Crippen molar-refractivity contribution < 1.29 is 14.7 Å². The number of anilines is 2. The fourth-order valence-electron chi connectivity index (χ4n) is 1.36. The Morgan fingerprint density at radius 3 is 1.94 bits per heavy atom. The zero-order valence-corrected chi connectivity index (χ0v) is 9.62. The lowest BCUT2D eigenvalue weighted by Crippen LogP contribution is -2.43. The second kappa shape index (κ2) is 4.77. The number of rotatable bonds is 2. The van der Waals surface area contributed by atoms with Crippen LogP contribution in [0.3, 0.4) is 0 Å². The molecule has 9 heteroatoms. The Kier molecular flexibility index (Phi) is 3.59. The van der Waals surface area contributed by atoms with Gasteiger partial charge in [0.1, 0.15) is 11.4 Å². The molecular formula is C9H14N6O3. The SMILES string of the molecule is Cc1cc(N(N)C(N)=O)c(O)cc1N(N)C(N)=O. The van der Waals surface area contributed by atoms with Crippen LogP contribution in [0.5, 0.6) is 5.75 Å². The van der Waals surface area contributed by atoms with E-state index >= 15 is 0 Å². The summed E-state index contributed by atoms with van der Waals surface area (Å²) in [5.41, 5.74) is 10.6. The first-order valence-corrected chi connectivity index (χ1v) is 4.77. The van der Waals surface area contributed by atoms with Crippen LogP contribution in [-0.2, 0) is 0 Å². The lowest BCUT2D eigenvalue weighted by atomic mass is 10.1. The van der Waals surface area contributed by atoms with Gasteiger partial charge in [0.05, 0.1) is 5.69 Å². The first-order valence-electron chi connectivity index (χ1n) is 4.77. The molecule has 9 nitrogen and oxygen atoms in total. The molecule has 0 spiro atoms. The van der Waals surface area contributed by atoms with E-state index in [2.05, 4.69) is 0 Å². The van der Waals surface area contributed by atoms with E-state index in [-0.39, 0.29) is 17.1 Å². The van der Waals surface area contributed by atoms with Gasteiger partial charge in [-0.05, 0) is 18.6 Å². The number of benzene rings is 1. The molecule has 0 bridgehead atoms. The molecule has 0 fully saturated rings. The minimum atomic E-state index is -0.947. The highest BCUT2D eigenvalue weighted by atomic mass is 16.3. The Labute approximate surface area is 102 Å². The van der Waals surface area contributed by atoms with Crippen molar-refractivity contribution >= 4 is 23.4 Å². The van der Waals surface area contributed by atoms with E-state index in [1.54, 1.807) is 6.92 Å². The molecule has 4 amide bonds. The molecule has 1 aromatic carbocycles. The Hall–Kier alpha value is -2.52. The van der Waals surface area contributed by atoms with Gasteiger partial charge in [0.25, 0.3) is 0 Å². The number of carbonyl (C=O) groups excluding carboxylic acids is 2. The van der Waals surface area contributed by atoms with Crippen molar-refractivity contribution in [3.8, 4) is 5.75 Å². The second-order valence-electron chi connectivity index (χ2n) is 3.54. The number of phenolic OH excluding ortho intramolecular Hbond substituents is 1. The summed E-state index contributed by atoms with van der Waals surface area (Å²) in [6, 6.07) is 0.651. The number of hydrogen-bond donors (Lipinski definition) is 5. The maximum absolute atomic E-state index is 10.9. The van der Waals surface area contributed by atoms with E-state index in [0.29, 0.717) is 15.6 Å². The maximum atomic E-state index is 10.9. The number of aromatic hydroxyl groups is 1. The van der Waals surface area contributed by atoms with Gasteiger partial charge in [-0.1, -0.05) is 0 Å². The Bertz CT molecular complexity index is 458. The molecule has 0 aliphatic heterocycles. The summed E-state index contributed by atoms with van der Waals surface area (Å²) in [5.74, 6) is 10.4. The van der Waals surface area contributed by atoms with E-state index in [4.69, 9.17) is 23.2 Å². The first kappa shape index (κ1) is 13.5. The summed E-state index contributed by atoms with van der Waals surface area (Å²) in [5, 5.41) is 10.9.